The van der Waals surface area contributed by atoms with Gasteiger partial charge in [0.15, 0.2) is 0 Å². The normalized spacial score (nSPS) is 19.2. The fraction of sp³-hybridized carbons (Fsp3) is 0.647. The van der Waals surface area contributed by atoms with Crippen LogP contribution in [0.1, 0.15) is 71.3 Å². The smallest absolute Gasteiger partial charge is 0.408 e. The SMILES string of the molecule is CCCCNC(=O)C(=O)[C@H](C[C@@H]1CCNC1=O)NC(=O)[C@H](CC(C)C)NC(=O)[C@H](CN1CCC(F)(F)CC1)NC(=O)OCc1ccccc1. The van der Waals surface area contributed by atoms with E-state index in [1.807, 2.05) is 26.8 Å². The number of likely N-dealkylation sites (tertiary alicyclic amines) is 1. The fourth-order valence-electron chi connectivity index (χ4n) is 5.68. The van der Waals surface area contributed by atoms with Gasteiger partial charge in [0.05, 0.1) is 6.04 Å². The Labute approximate surface area is 286 Å². The molecule has 4 atom stereocenters. The average Bonchev–Trinajstić information content (AvgIpc) is 3.47. The number of ketones is 1. The molecule has 0 aromatic heterocycles. The first-order chi connectivity index (χ1) is 23.3. The minimum atomic E-state index is -2.82. The fourth-order valence-corrected chi connectivity index (χ4v) is 5.68. The van der Waals surface area contributed by atoms with E-state index < -0.39 is 72.4 Å². The summed E-state index contributed by atoms with van der Waals surface area (Å²) in [6.07, 6.45) is 0.181. The Hall–Kier alpha value is -4.14. The highest BCUT2D eigenvalue weighted by atomic mass is 19.3. The lowest BCUT2D eigenvalue weighted by Crippen LogP contribution is -2.59. The molecule has 0 unspecified atom stereocenters. The number of hydrogen-bond acceptors (Lipinski definition) is 8. The minimum Gasteiger partial charge on any atom is -0.445 e. The molecule has 5 amide bonds. The molecule has 0 bridgehead atoms. The number of carbonyl (C=O) groups excluding carboxylic acids is 6. The van der Waals surface area contributed by atoms with E-state index in [1.54, 1.807) is 29.2 Å². The average molecular weight is 693 g/mol. The number of amides is 5. The summed E-state index contributed by atoms with van der Waals surface area (Å²) in [6.45, 7) is 6.05. The van der Waals surface area contributed by atoms with E-state index in [-0.39, 0.29) is 57.5 Å². The predicted molar refractivity (Wildman–Crippen MR) is 176 cm³/mol. The molecular weight excluding hydrogens is 642 g/mol. The number of piperidine rings is 1. The number of unbranched alkanes of at least 4 members (excludes halogenated alkanes) is 1. The summed E-state index contributed by atoms with van der Waals surface area (Å²) in [5, 5.41) is 13.0. The zero-order valence-electron chi connectivity index (χ0n) is 28.5. The largest absolute Gasteiger partial charge is 0.445 e. The van der Waals surface area contributed by atoms with E-state index in [0.717, 1.165) is 6.42 Å². The third-order valence-corrected chi connectivity index (χ3v) is 8.55. The molecule has 0 aliphatic carbocycles. The van der Waals surface area contributed by atoms with E-state index in [4.69, 9.17) is 4.74 Å². The van der Waals surface area contributed by atoms with Gasteiger partial charge >= 0.3 is 6.09 Å². The Morgan fingerprint density at radius 1 is 0.980 bits per heavy atom. The van der Waals surface area contributed by atoms with Gasteiger partial charge in [-0.1, -0.05) is 57.5 Å². The van der Waals surface area contributed by atoms with Crippen molar-refractivity contribution in [3.8, 4) is 0 Å². The second-order valence-electron chi connectivity index (χ2n) is 13.2. The highest BCUT2D eigenvalue weighted by molar-refractivity contribution is 6.38. The van der Waals surface area contributed by atoms with E-state index in [9.17, 15) is 37.5 Å². The first-order valence-corrected chi connectivity index (χ1v) is 17.1. The van der Waals surface area contributed by atoms with Crippen molar-refractivity contribution < 1.29 is 42.3 Å². The Kier molecular flexibility index (Phi) is 15.4. The molecule has 5 N–H and O–H groups in total. The van der Waals surface area contributed by atoms with Crippen LogP contribution in [0.15, 0.2) is 30.3 Å². The van der Waals surface area contributed by atoms with E-state index >= 15 is 0 Å². The van der Waals surface area contributed by atoms with E-state index in [2.05, 4.69) is 26.6 Å². The summed E-state index contributed by atoms with van der Waals surface area (Å²) in [6, 6.07) is 5.07. The maximum atomic E-state index is 13.9. The van der Waals surface area contributed by atoms with Crippen molar-refractivity contribution in [1.29, 1.82) is 0 Å². The third kappa shape index (κ3) is 13.4. The van der Waals surface area contributed by atoms with Crippen LogP contribution in [0.2, 0.25) is 0 Å². The summed E-state index contributed by atoms with van der Waals surface area (Å²) in [5.74, 6) is -7.11. The van der Waals surface area contributed by atoms with Gasteiger partial charge in [-0.25, -0.2) is 13.6 Å². The standard InChI is InChI=1S/C34H50F2N6O7/c1-4-5-14-37-32(47)28(43)25(19-24-11-15-38-29(24)44)39-30(45)26(18-22(2)3)40-31(46)27(20-42-16-12-34(35,36)13-17-42)41-33(48)49-21-23-9-7-6-8-10-23/h6-10,22,24-27H,4-5,11-21H2,1-3H3,(H,37,47)(H,38,44)(H,39,45)(H,40,46)(H,41,48)/t24-,25-,26-,27-/m0/s1. The molecule has 0 spiro atoms. The van der Waals surface area contributed by atoms with Crippen LogP contribution in [0.3, 0.4) is 0 Å². The topological polar surface area (TPSA) is 175 Å². The summed E-state index contributed by atoms with van der Waals surface area (Å²) in [5.41, 5.74) is 0.712. The highest BCUT2D eigenvalue weighted by Gasteiger charge is 2.38. The maximum Gasteiger partial charge on any atom is 0.408 e. The van der Waals surface area contributed by atoms with Gasteiger partial charge in [0.2, 0.25) is 23.5 Å². The lowest BCUT2D eigenvalue weighted by atomic mass is 9.94. The molecule has 0 radical (unpaired) electrons. The second kappa shape index (κ2) is 19.2. The van der Waals surface area contributed by atoms with Gasteiger partial charge in [-0.3, -0.25) is 24.0 Å². The number of alkyl halides is 2. The predicted octanol–water partition coefficient (Wildman–Crippen LogP) is 2.04. The Bertz CT molecular complexity index is 1290. The number of alkyl carbamates (subject to hydrolysis) is 1. The van der Waals surface area contributed by atoms with Crippen LogP contribution < -0.4 is 26.6 Å². The molecule has 2 aliphatic heterocycles. The molecular formula is C34H50F2N6O7. The van der Waals surface area contributed by atoms with Crippen LogP contribution in [-0.2, 0) is 35.3 Å². The number of nitrogens with zero attached hydrogens (tertiary/aromatic N) is 1. The van der Waals surface area contributed by atoms with Crippen molar-refractivity contribution in [1.82, 2.24) is 31.5 Å². The van der Waals surface area contributed by atoms with Crippen LogP contribution in [0.4, 0.5) is 13.6 Å². The number of carbonyl (C=O) groups is 6. The summed E-state index contributed by atoms with van der Waals surface area (Å²) >= 11 is 0. The molecule has 1 aromatic rings. The molecule has 2 heterocycles. The minimum absolute atomic E-state index is 0.00765. The molecule has 15 heteroatoms. The lowest BCUT2D eigenvalue weighted by molar-refractivity contribution is -0.141. The summed E-state index contributed by atoms with van der Waals surface area (Å²) < 4.78 is 33.0. The zero-order valence-corrected chi connectivity index (χ0v) is 28.5. The number of ether oxygens (including phenoxy) is 1. The number of rotatable bonds is 18. The maximum absolute atomic E-state index is 13.9. The number of Topliss-reactive ketones (excluding diaryl/α,β-unsaturated/α-hetero) is 1. The number of nitrogens with one attached hydrogen (secondary N) is 5. The molecule has 49 heavy (non-hydrogen) atoms. The number of hydrogen-bond donors (Lipinski definition) is 5. The molecule has 2 aliphatic rings. The quantitative estimate of drug-likeness (QED) is 0.115. The first-order valence-electron chi connectivity index (χ1n) is 17.1. The van der Waals surface area contributed by atoms with Crippen LogP contribution in [0.5, 0.6) is 0 Å². The molecule has 272 valence electrons. The third-order valence-electron chi connectivity index (χ3n) is 8.55. The first kappa shape index (κ1) is 39.3. The van der Waals surface area contributed by atoms with E-state index in [0.29, 0.717) is 24.9 Å². The lowest BCUT2D eigenvalue weighted by Gasteiger charge is -2.34. The van der Waals surface area contributed by atoms with Crippen molar-refractivity contribution in [2.24, 2.45) is 11.8 Å². The van der Waals surface area contributed by atoms with Gasteiger partial charge < -0.3 is 36.2 Å². The van der Waals surface area contributed by atoms with Crippen LogP contribution in [-0.4, -0.2) is 97.2 Å². The molecule has 1 aromatic carbocycles. The molecule has 2 fully saturated rings. The molecule has 3 rings (SSSR count). The van der Waals surface area contributed by atoms with Crippen molar-refractivity contribution >= 4 is 35.5 Å². The Morgan fingerprint density at radius 3 is 2.24 bits per heavy atom. The highest BCUT2D eigenvalue weighted by Crippen LogP contribution is 2.27. The van der Waals surface area contributed by atoms with Gasteiger partial charge in [0.25, 0.3) is 11.8 Å². The molecule has 2 saturated heterocycles. The van der Waals surface area contributed by atoms with E-state index in [1.165, 1.54) is 0 Å². The molecule has 13 nitrogen and oxygen atoms in total. The summed E-state index contributed by atoms with van der Waals surface area (Å²) in [4.78, 5) is 80.1. The second-order valence-corrected chi connectivity index (χ2v) is 13.2. The van der Waals surface area contributed by atoms with Gasteiger partial charge in [-0.2, -0.15) is 0 Å². The monoisotopic (exact) mass is 692 g/mol. The van der Waals surface area contributed by atoms with Crippen LogP contribution in [0.25, 0.3) is 0 Å². The summed E-state index contributed by atoms with van der Waals surface area (Å²) in [7, 11) is 0. The van der Waals surface area contributed by atoms with Crippen LogP contribution in [0, 0.1) is 11.8 Å². The van der Waals surface area contributed by atoms with Crippen molar-refractivity contribution in [2.45, 2.75) is 96.4 Å². The Balaban J connectivity index is 1.76. The number of benzene rings is 1. The number of halogens is 2. The zero-order chi connectivity index (χ0) is 36.0. The van der Waals surface area contributed by atoms with Gasteiger partial charge in [-0.15, -0.1) is 0 Å². The van der Waals surface area contributed by atoms with Crippen LogP contribution >= 0.6 is 0 Å². The van der Waals surface area contributed by atoms with Gasteiger partial charge in [0, 0.05) is 51.5 Å². The van der Waals surface area contributed by atoms with Gasteiger partial charge in [-0.05, 0) is 37.2 Å². The van der Waals surface area contributed by atoms with Crippen molar-refractivity contribution in [3.63, 3.8) is 0 Å². The Morgan fingerprint density at radius 2 is 1.63 bits per heavy atom. The van der Waals surface area contributed by atoms with Crippen molar-refractivity contribution in [3.05, 3.63) is 35.9 Å². The van der Waals surface area contributed by atoms with Gasteiger partial charge in [0.1, 0.15) is 18.7 Å². The van der Waals surface area contributed by atoms with Crippen molar-refractivity contribution in [2.75, 3.05) is 32.7 Å². The molecule has 0 saturated carbocycles.